The van der Waals surface area contributed by atoms with Crippen molar-refractivity contribution in [1.29, 1.82) is 0 Å². The molecule has 0 fully saturated rings. The number of nitrogens with one attached hydrogen (secondary N) is 1. The van der Waals surface area contributed by atoms with Crippen molar-refractivity contribution in [1.82, 2.24) is 9.97 Å². The number of amides is 1. The molecule has 140 valence electrons. The second-order valence-corrected chi connectivity index (χ2v) is 7.88. The number of carbonyl (C=O) groups is 1. The van der Waals surface area contributed by atoms with Crippen molar-refractivity contribution < 1.29 is 9.53 Å². The van der Waals surface area contributed by atoms with E-state index in [1.807, 2.05) is 45.0 Å². The van der Waals surface area contributed by atoms with Crippen LogP contribution in [0.1, 0.15) is 18.3 Å². The average Bonchev–Trinajstić information content (AvgIpc) is 2.64. The van der Waals surface area contributed by atoms with Gasteiger partial charge in [0, 0.05) is 16.5 Å². The summed E-state index contributed by atoms with van der Waals surface area (Å²) in [5.74, 6) is 1.07. The monoisotopic (exact) mass is 401 g/mol. The van der Waals surface area contributed by atoms with Crippen molar-refractivity contribution in [2.45, 2.75) is 31.0 Å². The van der Waals surface area contributed by atoms with E-state index in [1.165, 1.54) is 11.8 Å². The number of hydrogen-bond donors (Lipinski definition) is 1. The summed E-state index contributed by atoms with van der Waals surface area (Å²) in [5.41, 5.74) is 2.33. The maximum Gasteiger partial charge on any atom is 0.237 e. The zero-order chi connectivity index (χ0) is 19.6. The van der Waals surface area contributed by atoms with Crippen molar-refractivity contribution >= 4 is 45.9 Å². The molecular weight excluding hydrogens is 382 g/mol. The van der Waals surface area contributed by atoms with Gasteiger partial charge in [-0.3, -0.25) is 4.79 Å². The summed E-state index contributed by atoms with van der Waals surface area (Å²) in [6.07, 6.45) is 0. The summed E-state index contributed by atoms with van der Waals surface area (Å²) in [5, 5.41) is 4.89. The fourth-order valence-electron chi connectivity index (χ4n) is 2.63. The molecule has 5 nitrogen and oxygen atoms in total. The van der Waals surface area contributed by atoms with Gasteiger partial charge in [-0.05, 0) is 38.5 Å². The van der Waals surface area contributed by atoms with Gasteiger partial charge in [0.1, 0.15) is 16.6 Å². The lowest BCUT2D eigenvalue weighted by molar-refractivity contribution is -0.115. The van der Waals surface area contributed by atoms with E-state index in [4.69, 9.17) is 16.3 Å². The number of anilines is 1. The van der Waals surface area contributed by atoms with Gasteiger partial charge in [-0.1, -0.05) is 41.6 Å². The third-order valence-electron chi connectivity index (χ3n) is 4.08. The number of benzene rings is 2. The lowest BCUT2D eigenvalue weighted by Crippen LogP contribution is -2.23. The SMILES string of the molecule is COc1cc(Cl)c(C)cc1NC(=O)[C@@H](C)Sc1nc(C)nc2ccccc12. The Morgan fingerprint density at radius 3 is 2.70 bits per heavy atom. The molecule has 27 heavy (non-hydrogen) atoms. The second kappa shape index (κ2) is 8.15. The van der Waals surface area contributed by atoms with Gasteiger partial charge >= 0.3 is 0 Å². The van der Waals surface area contributed by atoms with Crippen LogP contribution in [0, 0.1) is 13.8 Å². The molecular formula is C20H20ClN3O2S. The molecule has 1 atom stereocenters. The molecule has 0 unspecified atom stereocenters. The van der Waals surface area contributed by atoms with E-state index in [0.29, 0.717) is 22.3 Å². The Morgan fingerprint density at radius 1 is 1.22 bits per heavy atom. The van der Waals surface area contributed by atoms with E-state index < -0.39 is 0 Å². The van der Waals surface area contributed by atoms with Crippen LogP contribution in [0.15, 0.2) is 41.4 Å². The first-order valence-electron chi connectivity index (χ1n) is 8.44. The normalized spacial score (nSPS) is 12.0. The van der Waals surface area contributed by atoms with E-state index in [1.54, 1.807) is 19.2 Å². The van der Waals surface area contributed by atoms with Crippen LogP contribution in [0.25, 0.3) is 10.9 Å². The lowest BCUT2D eigenvalue weighted by atomic mass is 10.2. The molecule has 0 aliphatic rings. The van der Waals surface area contributed by atoms with Crippen LogP contribution in [0.3, 0.4) is 0 Å². The van der Waals surface area contributed by atoms with Crippen LogP contribution in [0.2, 0.25) is 5.02 Å². The number of carbonyl (C=O) groups excluding carboxylic acids is 1. The predicted molar refractivity (Wildman–Crippen MR) is 111 cm³/mol. The number of para-hydroxylation sites is 1. The Hall–Kier alpha value is -2.31. The van der Waals surface area contributed by atoms with Crippen molar-refractivity contribution in [3.05, 3.63) is 52.8 Å². The summed E-state index contributed by atoms with van der Waals surface area (Å²) in [6, 6.07) is 11.3. The highest BCUT2D eigenvalue weighted by Gasteiger charge is 2.19. The van der Waals surface area contributed by atoms with Crippen molar-refractivity contribution in [3.8, 4) is 5.75 Å². The third kappa shape index (κ3) is 4.34. The van der Waals surface area contributed by atoms with E-state index in [-0.39, 0.29) is 11.2 Å². The summed E-state index contributed by atoms with van der Waals surface area (Å²) in [7, 11) is 1.55. The number of ether oxygens (including phenoxy) is 1. The van der Waals surface area contributed by atoms with Crippen molar-refractivity contribution in [2.24, 2.45) is 0 Å². The number of nitrogens with zero attached hydrogens (tertiary/aromatic N) is 2. The Balaban J connectivity index is 1.82. The quantitative estimate of drug-likeness (QED) is 0.480. The molecule has 3 aromatic rings. The molecule has 2 aromatic carbocycles. The van der Waals surface area contributed by atoms with Crippen molar-refractivity contribution in [3.63, 3.8) is 0 Å². The largest absolute Gasteiger partial charge is 0.495 e. The van der Waals surface area contributed by atoms with Crippen molar-refractivity contribution in [2.75, 3.05) is 12.4 Å². The van der Waals surface area contributed by atoms with Gasteiger partial charge in [0.25, 0.3) is 0 Å². The highest BCUT2D eigenvalue weighted by molar-refractivity contribution is 8.00. The number of halogens is 1. The summed E-state index contributed by atoms with van der Waals surface area (Å²) in [4.78, 5) is 21.7. The van der Waals surface area contributed by atoms with Gasteiger partial charge in [-0.15, -0.1) is 0 Å². The zero-order valence-electron chi connectivity index (χ0n) is 15.5. The van der Waals surface area contributed by atoms with E-state index in [9.17, 15) is 4.79 Å². The van der Waals surface area contributed by atoms with Gasteiger partial charge in [0.2, 0.25) is 5.91 Å². The minimum Gasteiger partial charge on any atom is -0.495 e. The maximum absolute atomic E-state index is 12.7. The number of aryl methyl sites for hydroxylation is 2. The fourth-order valence-corrected chi connectivity index (χ4v) is 3.77. The molecule has 0 spiro atoms. The van der Waals surface area contributed by atoms with Gasteiger partial charge in [0.05, 0.1) is 23.6 Å². The Bertz CT molecular complexity index is 1010. The van der Waals surface area contributed by atoms with Gasteiger partial charge < -0.3 is 10.1 Å². The third-order valence-corrected chi connectivity index (χ3v) is 5.59. The topological polar surface area (TPSA) is 64.1 Å². The Kier molecular flexibility index (Phi) is 5.87. The van der Waals surface area contributed by atoms with Crippen LogP contribution >= 0.6 is 23.4 Å². The smallest absolute Gasteiger partial charge is 0.237 e. The highest BCUT2D eigenvalue weighted by Crippen LogP contribution is 2.33. The van der Waals surface area contributed by atoms with Crippen LogP contribution in [-0.4, -0.2) is 28.2 Å². The lowest BCUT2D eigenvalue weighted by Gasteiger charge is -2.16. The number of hydrogen-bond acceptors (Lipinski definition) is 5. The van der Waals surface area contributed by atoms with Gasteiger partial charge in [-0.25, -0.2) is 9.97 Å². The van der Waals surface area contributed by atoms with Gasteiger partial charge in [-0.2, -0.15) is 0 Å². The molecule has 3 rings (SSSR count). The standard InChI is InChI=1S/C20H20ClN3O2S/c1-11-9-17(18(26-4)10-15(11)21)24-19(25)12(2)27-20-14-7-5-6-8-16(14)22-13(3)23-20/h5-10,12H,1-4H3,(H,24,25)/t12-/m1/s1. The van der Waals surface area contributed by atoms with E-state index >= 15 is 0 Å². The first-order valence-corrected chi connectivity index (χ1v) is 9.70. The van der Waals surface area contributed by atoms with E-state index in [2.05, 4.69) is 15.3 Å². The Labute approximate surface area is 167 Å². The first-order chi connectivity index (χ1) is 12.9. The number of methoxy groups -OCH3 is 1. The molecule has 0 bridgehead atoms. The summed E-state index contributed by atoms with van der Waals surface area (Å²) in [6.45, 7) is 5.58. The van der Waals surface area contributed by atoms with Crippen LogP contribution < -0.4 is 10.1 Å². The fraction of sp³-hybridized carbons (Fsp3) is 0.250. The second-order valence-electron chi connectivity index (χ2n) is 6.14. The highest BCUT2D eigenvalue weighted by atomic mass is 35.5. The molecule has 0 saturated carbocycles. The van der Waals surface area contributed by atoms with Gasteiger partial charge in [0.15, 0.2) is 0 Å². The zero-order valence-corrected chi connectivity index (χ0v) is 17.1. The number of thioether (sulfide) groups is 1. The molecule has 1 amide bonds. The maximum atomic E-state index is 12.7. The number of fused-ring (bicyclic) bond motifs is 1. The van der Waals surface area contributed by atoms with Crippen LogP contribution in [0.4, 0.5) is 5.69 Å². The molecule has 7 heteroatoms. The molecule has 0 radical (unpaired) electrons. The van der Waals surface area contributed by atoms with Crippen LogP contribution in [-0.2, 0) is 4.79 Å². The molecule has 1 heterocycles. The minimum absolute atomic E-state index is 0.139. The number of rotatable bonds is 5. The molecule has 0 saturated heterocycles. The Morgan fingerprint density at radius 2 is 1.96 bits per heavy atom. The summed E-state index contributed by atoms with van der Waals surface area (Å²) >= 11 is 7.54. The first kappa shape index (κ1) is 19.5. The number of aromatic nitrogens is 2. The minimum atomic E-state index is -0.358. The summed E-state index contributed by atoms with van der Waals surface area (Å²) < 4.78 is 5.33. The molecule has 1 aromatic heterocycles. The predicted octanol–water partition coefficient (Wildman–Crippen LogP) is 5.03. The molecule has 1 N–H and O–H groups in total. The average molecular weight is 402 g/mol. The van der Waals surface area contributed by atoms with Crippen LogP contribution in [0.5, 0.6) is 5.75 Å². The molecule has 0 aliphatic heterocycles. The van der Waals surface area contributed by atoms with E-state index in [0.717, 1.165) is 21.5 Å². The molecule has 0 aliphatic carbocycles.